The highest BCUT2D eigenvalue weighted by atomic mass is 15.1. The summed E-state index contributed by atoms with van der Waals surface area (Å²) in [6, 6.07) is 0.532. The molecule has 0 radical (unpaired) electrons. The maximum Gasteiger partial charge on any atom is 0.122 e. The molecule has 0 amide bonds. The van der Waals surface area contributed by atoms with Crippen LogP contribution in [-0.2, 0) is 13.1 Å². The second-order valence-electron chi connectivity index (χ2n) is 5.30. The zero-order chi connectivity index (χ0) is 12.1. The maximum atomic E-state index is 4.40. The van der Waals surface area contributed by atoms with Crippen molar-refractivity contribution in [1.82, 2.24) is 14.9 Å². The van der Waals surface area contributed by atoms with Gasteiger partial charge in [-0.2, -0.15) is 0 Å². The van der Waals surface area contributed by atoms with Gasteiger partial charge in [-0.05, 0) is 18.8 Å². The van der Waals surface area contributed by atoms with Crippen molar-refractivity contribution in [3.8, 4) is 0 Å². The Labute approximate surface area is 99.3 Å². The molecule has 1 rings (SSSR count). The molecular weight excluding hydrogens is 198 g/mol. The summed E-state index contributed by atoms with van der Waals surface area (Å²) in [6.07, 6.45) is 3.95. The largest absolute Gasteiger partial charge is 0.334 e. The summed E-state index contributed by atoms with van der Waals surface area (Å²) in [7, 11) is 0. The molecule has 3 nitrogen and oxygen atoms in total. The number of nitrogens with one attached hydrogen (secondary N) is 1. The van der Waals surface area contributed by atoms with E-state index in [0.29, 0.717) is 17.9 Å². The molecule has 16 heavy (non-hydrogen) atoms. The van der Waals surface area contributed by atoms with Gasteiger partial charge >= 0.3 is 0 Å². The molecule has 0 bridgehead atoms. The first kappa shape index (κ1) is 13.2. The first-order chi connectivity index (χ1) is 7.50. The zero-order valence-electron chi connectivity index (χ0n) is 11.2. The molecule has 0 saturated carbocycles. The summed E-state index contributed by atoms with van der Waals surface area (Å²) in [6.45, 7) is 13.1. The molecule has 92 valence electrons. The van der Waals surface area contributed by atoms with Gasteiger partial charge in [-0.25, -0.2) is 4.98 Å². The van der Waals surface area contributed by atoms with E-state index < -0.39 is 0 Å². The number of aromatic nitrogens is 2. The van der Waals surface area contributed by atoms with Crippen LogP contribution in [0, 0.1) is 11.8 Å². The van der Waals surface area contributed by atoms with Gasteiger partial charge in [0.2, 0.25) is 0 Å². The fourth-order valence-corrected chi connectivity index (χ4v) is 1.55. The van der Waals surface area contributed by atoms with Gasteiger partial charge in [-0.1, -0.05) is 27.7 Å². The summed E-state index contributed by atoms with van der Waals surface area (Å²) < 4.78 is 2.24. The maximum absolute atomic E-state index is 4.40. The van der Waals surface area contributed by atoms with Crippen molar-refractivity contribution in [3.05, 3.63) is 18.2 Å². The normalized spacial score (nSPS) is 13.7. The molecule has 1 heterocycles. The zero-order valence-corrected chi connectivity index (χ0v) is 11.2. The average molecular weight is 223 g/mol. The lowest BCUT2D eigenvalue weighted by molar-refractivity contribution is 0.410. The molecule has 1 unspecified atom stereocenters. The lowest BCUT2D eigenvalue weighted by Gasteiger charge is -2.18. The van der Waals surface area contributed by atoms with Gasteiger partial charge in [0, 0.05) is 25.0 Å². The molecule has 1 aromatic rings. The van der Waals surface area contributed by atoms with Gasteiger partial charge in [0.15, 0.2) is 0 Å². The second kappa shape index (κ2) is 6.04. The Morgan fingerprint density at radius 1 is 1.25 bits per heavy atom. The molecule has 0 aliphatic carbocycles. The Morgan fingerprint density at radius 2 is 1.94 bits per heavy atom. The fourth-order valence-electron chi connectivity index (χ4n) is 1.55. The minimum Gasteiger partial charge on any atom is -0.334 e. The van der Waals surface area contributed by atoms with E-state index in [4.69, 9.17) is 0 Å². The van der Waals surface area contributed by atoms with Gasteiger partial charge < -0.3 is 9.88 Å². The minimum absolute atomic E-state index is 0.532. The van der Waals surface area contributed by atoms with Crippen LogP contribution in [0.1, 0.15) is 40.4 Å². The molecule has 0 aliphatic rings. The summed E-state index contributed by atoms with van der Waals surface area (Å²) >= 11 is 0. The highest BCUT2D eigenvalue weighted by Gasteiger charge is 2.09. The van der Waals surface area contributed by atoms with E-state index in [1.807, 2.05) is 6.20 Å². The Bertz CT molecular complexity index is 302. The average Bonchev–Trinajstić information content (AvgIpc) is 2.60. The lowest BCUT2D eigenvalue weighted by atomic mass is 10.1. The highest BCUT2D eigenvalue weighted by molar-refractivity contribution is 4.92. The number of hydrogen-bond acceptors (Lipinski definition) is 2. The van der Waals surface area contributed by atoms with Gasteiger partial charge in [0.05, 0.1) is 6.54 Å². The molecule has 0 saturated heterocycles. The van der Waals surface area contributed by atoms with Crippen molar-refractivity contribution >= 4 is 0 Å². The van der Waals surface area contributed by atoms with Crippen LogP contribution in [0.4, 0.5) is 0 Å². The van der Waals surface area contributed by atoms with Crippen LogP contribution in [0.5, 0.6) is 0 Å². The van der Waals surface area contributed by atoms with E-state index in [2.05, 4.69) is 55.7 Å². The van der Waals surface area contributed by atoms with Gasteiger partial charge in [0.1, 0.15) is 5.82 Å². The van der Waals surface area contributed by atoms with Crippen molar-refractivity contribution in [2.45, 2.75) is 53.8 Å². The minimum atomic E-state index is 0.532. The predicted octanol–water partition coefficient (Wildman–Crippen LogP) is 2.67. The van der Waals surface area contributed by atoms with E-state index in [0.717, 1.165) is 18.9 Å². The Balaban J connectivity index is 2.50. The van der Waals surface area contributed by atoms with Crippen LogP contribution in [0.3, 0.4) is 0 Å². The van der Waals surface area contributed by atoms with Crippen molar-refractivity contribution in [2.24, 2.45) is 11.8 Å². The molecule has 3 heteroatoms. The Kier molecular flexibility index (Phi) is 5.00. The van der Waals surface area contributed by atoms with Crippen molar-refractivity contribution in [2.75, 3.05) is 0 Å². The van der Waals surface area contributed by atoms with Gasteiger partial charge in [-0.15, -0.1) is 0 Å². The Hall–Kier alpha value is -0.830. The van der Waals surface area contributed by atoms with Gasteiger partial charge in [-0.3, -0.25) is 0 Å². The first-order valence-corrected chi connectivity index (χ1v) is 6.24. The molecule has 0 fully saturated rings. The number of imidazole rings is 1. The van der Waals surface area contributed by atoms with E-state index in [9.17, 15) is 0 Å². The SMILES string of the molecule is CC(C)Cn1ccnc1CNC(C)C(C)C. The van der Waals surface area contributed by atoms with Crippen molar-refractivity contribution < 1.29 is 0 Å². The van der Waals surface area contributed by atoms with Crippen LogP contribution < -0.4 is 5.32 Å². The quantitative estimate of drug-likeness (QED) is 0.803. The van der Waals surface area contributed by atoms with Crippen LogP contribution >= 0.6 is 0 Å². The van der Waals surface area contributed by atoms with Crippen LogP contribution in [0.15, 0.2) is 12.4 Å². The molecule has 1 atom stereocenters. The molecular formula is C13H25N3. The molecule has 0 aliphatic heterocycles. The van der Waals surface area contributed by atoms with Crippen molar-refractivity contribution in [3.63, 3.8) is 0 Å². The monoisotopic (exact) mass is 223 g/mol. The van der Waals surface area contributed by atoms with Crippen LogP contribution in [-0.4, -0.2) is 15.6 Å². The standard InChI is InChI=1S/C13H25N3/c1-10(2)9-16-7-6-14-13(16)8-15-12(5)11(3)4/h6-7,10-12,15H,8-9H2,1-5H3. The first-order valence-electron chi connectivity index (χ1n) is 6.24. The summed E-state index contributed by atoms with van der Waals surface area (Å²) in [5, 5.41) is 3.51. The summed E-state index contributed by atoms with van der Waals surface area (Å²) in [4.78, 5) is 4.40. The van der Waals surface area contributed by atoms with E-state index in [1.54, 1.807) is 0 Å². The summed E-state index contributed by atoms with van der Waals surface area (Å²) in [5.41, 5.74) is 0. The van der Waals surface area contributed by atoms with E-state index in [1.165, 1.54) is 0 Å². The molecule has 0 spiro atoms. The Morgan fingerprint density at radius 3 is 2.50 bits per heavy atom. The highest BCUT2D eigenvalue weighted by Crippen LogP contribution is 2.05. The third-order valence-corrected chi connectivity index (χ3v) is 2.95. The molecule has 1 N–H and O–H groups in total. The number of rotatable bonds is 6. The summed E-state index contributed by atoms with van der Waals surface area (Å²) in [5.74, 6) is 2.46. The third-order valence-electron chi connectivity index (χ3n) is 2.95. The smallest absolute Gasteiger partial charge is 0.122 e. The fraction of sp³-hybridized carbons (Fsp3) is 0.769. The number of nitrogens with zero attached hydrogens (tertiary/aromatic N) is 2. The van der Waals surface area contributed by atoms with Crippen molar-refractivity contribution in [1.29, 1.82) is 0 Å². The van der Waals surface area contributed by atoms with Crippen LogP contribution in [0.25, 0.3) is 0 Å². The molecule has 1 aromatic heterocycles. The van der Waals surface area contributed by atoms with Gasteiger partial charge in [0.25, 0.3) is 0 Å². The molecule has 0 aromatic carbocycles. The second-order valence-corrected chi connectivity index (χ2v) is 5.30. The predicted molar refractivity (Wildman–Crippen MR) is 68.2 cm³/mol. The van der Waals surface area contributed by atoms with Crippen LogP contribution in [0.2, 0.25) is 0 Å². The number of hydrogen-bond donors (Lipinski definition) is 1. The lowest BCUT2D eigenvalue weighted by Crippen LogP contribution is -2.31. The topological polar surface area (TPSA) is 29.9 Å². The van der Waals surface area contributed by atoms with E-state index in [-0.39, 0.29) is 0 Å². The van der Waals surface area contributed by atoms with E-state index >= 15 is 0 Å². The third kappa shape index (κ3) is 3.97.